The lowest BCUT2D eigenvalue weighted by molar-refractivity contribution is -0.145. The molecule has 0 spiro atoms. The lowest BCUT2D eigenvalue weighted by Crippen LogP contribution is -2.30. The van der Waals surface area contributed by atoms with E-state index in [1.807, 2.05) is 24.2 Å². The minimum Gasteiger partial charge on any atom is -0.469 e. The topological polar surface area (TPSA) is 29.5 Å². The molecular formula is C8H13NO2. The molecule has 0 unspecified atom stereocenters. The van der Waals surface area contributed by atoms with Gasteiger partial charge in [-0.3, -0.25) is 4.79 Å². The summed E-state index contributed by atoms with van der Waals surface area (Å²) in [7, 11) is 3.38. The third-order valence-electron chi connectivity index (χ3n) is 1.82. The van der Waals surface area contributed by atoms with Crippen LogP contribution in [0.3, 0.4) is 0 Å². The molecule has 0 saturated heterocycles. The van der Waals surface area contributed by atoms with Crippen LogP contribution in [-0.2, 0) is 9.53 Å². The molecule has 1 atom stereocenters. The zero-order chi connectivity index (χ0) is 8.27. The van der Waals surface area contributed by atoms with Crippen LogP contribution < -0.4 is 0 Å². The average Bonchev–Trinajstić information content (AvgIpc) is 2.03. The summed E-state index contributed by atoms with van der Waals surface area (Å²) in [4.78, 5) is 13.0. The summed E-state index contributed by atoms with van der Waals surface area (Å²) in [5.74, 6) is -0.0869. The predicted octanol–water partition coefficient (Wildman–Crippen LogP) is 0.625. The lowest BCUT2D eigenvalue weighted by Gasteiger charge is -2.23. The fourth-order valence-corrected chi connectivity index (χ4v) is 1.23. The molecule has 11 heavy (non-hydrogen) atoms. The second-order valence-electron chi connectivity index (χ2n) is 2.78. The summed E-state index contributed by atoms with van der Waals surface area (Å²) in [6.45, 7) is 0.767. The van der Waals surface area contributed by atoms with Crippen molar-refractivity contribution in [3.05, 3.63) is 12.3 Å². The number of carbonyl (C=O) groups excluding carboxylic acids is 1. The van der Waals surface area contributed by atoms with Gasteiger partial charge in [0.25, 0.3) is 0 Å². The molecule has 0 radical (unpaired) electrons. The maximum absolute atomic E-state index is 11.0. The maximum Gasteiger partial charge on any atom is 0.310 e. The molecule has 0 fully saturated rings. The van der Waals surface area contributed by atoms with E-state index in [0.29, 0.717) is 0 Å². The first-order valence-electron chi connectivity index (χ1n) is 3.68. The average molecular weight is 155 g/mol. The largest absolute Gasteiger partial charge is 0.469 e. The number of hydrogen-bond donors (Lipinski definition) is 0. The van der Waals surface area contributed by atoms with Crippen LogP contribution in [0.4, 0.5) is 0 Å². The molecule has 0 aromatic heterocycles. The number of hydrogen-bond acceptors (Lipinski definition) is 3. The highest BCUT2D eigenvalue weighted by Gasteiger charge is 2.20. The van der Waals surface area contributed by atoms with Crippen molar-refractivity contribution in [1.29, 1.82) is 0 Å². The molecule has 0 aromatic carbocycles. The van der Waals surface area contributed by atoms with E-state index < -0.39 is 0 Å². The normalized spacial score (nSPS) is 23.5. The van der Waals surface area contributed by atoms with E-state index in [-0.39, 0.29) is 11.9 Å². The van der Waals surface area contributed by atoms with Crippen LogP contribution in [0.2, 0.25) is 0 Å². The number of carbonyl (C=O) groups is 1. The zero-order valence-electron chi connectivity index (χ0n) is 6.91. The van der Waals surface area contributed by atoms with Gasteiger partial charge in [-0.2, -0.15) is 0 Å². The van der Waals surface area contributed by atoms with Crippen molar-refractivity contribution in [1.82, 2.24) is 4.90 Å². The quantitative estimate of drug-likeness (QED) is 0.520. The summed E-state index contributed by atoms with van der Waals surface area (Å²) < 4.78 is 4.64. The van der Waals surface area contributed by atoms with Gasteiger partial charge in [0.05, 0.1) is 13.0 Å². The summed E-state index contributed by atoms with van der Waals surface area (Å²) in [5.41, 5.74) is 0. The number of ether oxygens (including phenoxy) is 1. The third-order valence-corrected chi connectivity index (χ3v) is 1.82. The predicted molar refractivity (Wildman–Crippen MR) is 41.9 cm³/mol. The fourth-order valence-electron chi connectivity index (χ4n) is 1.23. The van der Waals surface area contributed by atoms with E-state index in [9.17, 15) is 4.79 Å². The summed E-state index contributed by atoms with van der Waals surface area (Å²) >= 11 is 0. The van der Waals surface area contributed by atoms with Crippen molar-refractivity contribution in [2.45, 2.75) is 6.42 Å². The standard InChI is InChI=1S/C8H13NO2/c1-9-5-3-4-7(6-9)8(10)11-2/h3,5,7H,4,6H2,1-2H3/t7-/m0/s1. The Morgan fingerprint density at radius 2 is 2.45 bits per heavy atom. The minimum absolute atomic E-state index is 0.0231. The second kappa shape index (κ2) is 3.42. The molecule has 1 aliphatic rings. The van der Waals surface area contributed by atoms with Crippen LogP contribution in [0.25, 0.3) is 0 Å². The van der Waals surface area contributed by atoms with Crippen molar-refractivity contribution >= 4 is 5.97 Å². The van der Waals surface area contributed by atoms with Crippen LogP contribution >= 0.6 is 0 Å². The van der Waals surface area contributed by atoms with Gasteiger partial charge in [-0.25, -0.2) is 0 Å². The van der Waals surface area contributed by atoms with Gasteiger partial charge in [-0.1, -0.05) is 6.08 Å². The maximum atomic E-state index is 11.0. The van der Waals surface area contributed by atoms with E-state index >= 15 is 0 Å². The van der Waals surface area contributed by atoms with Gasteiger partial charge in [0, 0.05) is 13.6 Å². The molecule has 0 aliphatic carbocycles. The number of nitrogens with zero attached hydrogens (tertiary/aromatic N) is 1. The second-order valence-corrected chi connectivity index (χ2v) is 2.78. The number of rotatable bonds is 1. The van der Waals surface area contributed by atoms with Crippen molar-refractivity contribution < 1.29 is 9.53 Å². The van der Waals surface area contributed by atoms with Crippen molar-refractivity contribution in [2.24, 2.45) is 5.92 Å². The Bertz CT molecular complexity index is 177. The lowest BCUT2D eigenvalue weighted by atomic mass is 10.0. The molecule has 1 heterocycles. The van der Waals surface area contributed by atoms with Crippen LogP contribution in [0.15, 0.2) is 12.3 Å². The van der Waals surface area contributed by atoms with Gasteiger partial charge in [0.15, 0.2) is 0 Å². The highest BCUT2D eigenvalue weighted by molar-refractivity contribution is 5.72. The highest BCUT2D eigenvalue weighted by atomic mass is 16.5. The molecule has 1 rings (SSSR count). The van der Waals surface area contributed by atoms with Gasteiger partial charge in [-0.05, 0) is 12.6 Å². The Morgan fingerprint density at radius 3 is 3.00 bits per heavy atom. The Kier molecular flexibility index (Phi) is 2.52. The van der Waals surface area contributed by atoms with Gasteiger partial charge in [-0.15, -0.1) is 0 Å². The van der Waals surface area contributed by atoms with E-state index in [1.54, 1.807) is 0 Å². The number of methoxy groups -OCH3 is 1. The molecule has 0 N–H and O–H groups in total. The zero-order valence-corrected chi connectivity index (χ0v) is 6.91. The van der Waals surface area contributed by atoms with Crippen LogP contribution in [-0.4, -0.2) is 31.6 Å². The smallest absolute Gasteiger partial charge is 0.310 e. The van der Waals surface area contributed by atoms with E-state index in [0.717, 1.165) is 13.0 Å². The Labute approximate surface area is 66.6 Å². The number of esters is 1. The molecule has 3 heteroatoms. The minimum atomic E-state index is -0.110. The van der Waals surface area contributed by atoms with Crippen LogP contribution in [0.1, 0.15) is 6.42 Å². The summed E-state index contributed by atoms with van der Waals surface area (Å²) in [6.07, 6.45) is 4.78. The van der Waals surface area contributed by atoms with Gasteiger partial charge < -0.3 is 9.64 Å². The Balaban J connectivity index is 2.49. The molecule has 1 aliphatic heterocycles. The van der Waals surface area contributed by atoms with Gasteiger partial charge in [0.2, 0.25) is 0 Å². The Hall–Kier alpha value is -0.990. The first-order valence-corrected chi connectivity index (χ1v) is 3.68. The van der Waals surface area contributed by atoms with Crippen molar-refractivity contribution in [2.75, 3.05) is 20.7 Å². The molecule has 3 nitrogen and oxygen atoms in total. The van der Waals surface area contributed by atoms with E-state index in [4.69, 9.17) is 0 Å². The molecule has 0 amide bonds. The first-order chi connectivity index (χ1) is 5.24. The third kappa shape index (κ3) is 1.97. The van der Waals surface area contributed by atoms with E-state index in [1.165, 1.54) is 7.11 Å². The molecular weight excluding hydrogens is 142 g/mol. The Morgan fingerprint density at radius 1 is 1.73 bits per heavy atom. The van der Waals surface area contributed by atoms with Crippen molar-refractivity contribution in [3.8, 4) is 0 Å². The first kappa shape index (κ1) is 8.11. The van der Waals surface area contributed by atoms with Crippen LogP contribution in [0.5, 0.6) is 0 Å². The van der Waals surface area contributed by atoms with Gasteiger partial charge in [0.1, 0.15) is 0 Å². The van der Waals surface area contributed by atoms with Crippen molar-refractivity contribution in [3.63, 3.8) is 0 Å². The SMILES string of the molecule is COC(=O)[C@H]1CC=CN(C)C1. The van der Waals surface area contributed by atoms with Crippen LogP contribution in [0, 0.1) is 5.92 Å². The summed E-state index contributed by atoms with van der Waals surface area (Å²) in [5, 5.41) is 0. The molecule has 0 aromatic rings. The fraction of sp³-hybridized carbons (Fsp3) is 0.625. The van der Waals surface area contributed by atoms with E-state index in [2.05, 4.69) is 4.74 Å². The highest BCUT2D eigenvalue weighted by Crippen LogP contribution is 2.13. The molecule has 62 valence electrons. The summed E-state index contributed by atoms with van der Waals surface area (Å²) in [6, 6.07) is 0. The molecule has 0 bridgehead atoms. The monoisotopic (exact) mass is 155 g/mol. The van der Waals surface area contributed by atoms with Gasteiger partial charge >= 0.3 is 5.97 Å². The molecule has 0 saturated carbocycles. The number of allylic oxidation sites excluding steroid dienone is 1.